The monoisotopic (exact) mass is 478 g/mol. The first-order valence-corrected chi connectivity index (χ1v) is 9.92. The van der Waals surface area contributed by atoms with Crippen LogP contribution in [0.4, 0.5) is 5.69 Å². The molecule has 2 aromatic carbocycles. The number of ether oxygens (including phenoxy) is 3. The molecule has 0 saturated heterocycles. The van der Waals surface area contributed by atoms with Crippen LogP contribution in [0.2, 0.25) is 0 Å². The van der Waals surface area contributed by atoms with Crippen LogP contribution < -0.4 is 20.1 Å². The molecule has 0 aliphatic heterocycles. The molecule has 0 atom stereocenters. The van der Waals surface area contributed by atoms with Gasteiger partial charge in [-0.1, -0.05) is 15.9 Å². The third-order valence-corrected chi connectivity index (χ3v) is 4.40. The molecular weight excluding hydrogens is 456 g/mol. The standard InChI is InChI=1S/C21H23BrN2O6/c1-14-11-15(22)3-8-18(14)24-19(25)12-23-20(26)13-30-21(27)9-10-29-17-6-4-16(28-2)5-7-17/h3-8,11H,9-10,12-13H2,1-2H3,(H,23,26)(H,24,25). The quantitative estimate of drug-likeness (QED) is 0.509. The lowest BCUT2D eigenvalue weighted by molar-refractivity contribution is -0.149. The van der Waals surface area contributed by atoms with Crippen molar-refractivity contribution in [1.29, 1.82) is 0 Å². The minimum atomic E-state index is -0.575. The van der Waals surface area contributed by atoms with Crippen LogP contribution in [0.1, 0.15) is 12.0 Å². The molecule has 0 radical (unpaired) electrons. The Hall–Kier alpha value is -3.07. The van der Waals surface area contributed by atoms with Gasteiger partial charge in [-0.15, -0.1) is 0 Å². The number of hydrogen-bond acceptors (Lipinski definition) is 6. The molecule has 0 unspecified atom stereocenters. The molecule has 0 fully saturated rings. The van der Waals surface area contributed by atoms with Gasteiger partial charge in [0.2, 0.25) is 5.91 Å². The van der Waals surface area contributed by atoms with Gasteiger partial charge in [0.15, 0.2) is 6.61 Å². The van der Waals surface area contributed by atoms with Gasteiger partial charge in [-0.25, -0.2) is 0 Å². The van der Waals surface area contributed by atoms with Crippen LogP contribution in [0.5, 0.6) is 11.5 Å². The highest BCUT2D eigenvalue weighted by molar-refractivity contribution is 9.10. The molecule has 0 saturated carbocycles. The van der Waals surface area contributed by atoms with Crippen LogP contribution in [-0.2, 0) is 19.1 Å². The molecular formula is C21H23BrN2O6. The van der Waals surface area contributed by atoms with Crippen LogP contribution in [0, 0.1) is 6.92 Å². The molecule has 2 amide bonds. The van der Waals surface area contributed by atoms with E-state index in [0.717, 1.165) is 10.0 Å². The van der Waals surface area contributed by atoms with Gasteiger partial charge in [0.05, 0.1) is 26.7 Å². The second-order valence-corrected chi connectivity index (χ2v) is 7.13. The van der Waals surface area contributed by atoms with E-state index in [1.54, 1.807) is 43.5 Å². The molecule has 160 valence electrons. The first-order chi connectivity index (χ1) is 14.4. The van der Waals surface area contributed by atoms with Crippen molar-refractivity contribution < 1.29 is 28.6 Å². The van der Waals surface area contributed by atoms with Gasteiger partial charge in [-0.05, 0) is 55.0 Å². The number of hydrogen-bond donors (Lipinski definition) is 2. The Morgan fingerprint density at radius 2 is 1.70 bits per heavy atom. The Balaban J connectivity index is 1.61. The van der Waals surface area contributed by atoms with Crippen molar-refractivity contribution >= 4 is 39.4 Å². The lowest BCUT2D eigenvalue weighted by Gasteiger charge is -2.10. The number of anilines is 1. The number of benzene rings is 2. The van der Waals surface area contributed by atoms with Crippen molar-refractivity contribution in [1.82, 2.24) is 5.32 Å². The number of aryl methyl sites for hydroxylation is 1. The van der Waals surface area contributed by atoms with Gasteiger partial charge in [-0.2, -0.15) is 0 Å². The van der Waals surface area contributed by atoms with Crippen LogP contribution in [0.15, 0.2) is 46.9 Å². The summed E-state index contributed by atoms with van der Waals surface area (Å²) in [7, 11) is 1.57. The van der Waals surface area contributed by atoms with Gasteiger partial charge in [0.1, 0.15) is 11.5 Å². The Labute approximate surface area is 183 Å². The van der Waals surface area contributed by atoms with Crippen molar-refractivity contribution in [2.24, 2.45) is 0 Å². The molecule has 2 N–H and O–H groups in total. The zero-order valence-electron chi connectivity index (χ0n) is 16.7. The highest BCUT2D eigenvalue weighted by Crippen LogP contribution is 2.20. The van der Waals surface area contributed by atoms with Crippen LogP contribution in [0.3, 0.4) is 0 Å². The van der Waals surface area contributed by atoms with E-state index in [-0.39, 0.29) is 25.5 Å². The van der Waals surface area contributed by atoms with Crippen LogP contribution in [-0.4, -0.2) is 44.7 Å². The molecule has 0 aliphatic carbocycles. The summed E-state index contributed by atoms with van der Waals surface area (Å²) in [5.41, 5.74) is 1.54. The van der Waals surface area contributed by atoms with Gasteiger partial charge in [0, 0.05) is 10.2 Å². The first-order valence-electron chi connectivity index (χ1n) is 9.12. The lowest BCUT2D eigenvalue weighted by atomic mass is 10.2. The van der Waals surface area contributed by atoms with Crippen LogP contribution >= 0.6 is 15.9 Å². The van der Waals surface area contributed by atoms with Crippen molar-refractivity contribution in [3.63, 3.8) is 0 Å². The summed E-state index contributed by atoms with van der Waals surface area (Å²) in [6, 6.07) is 12.4. The Bertz CT molecular complexity index is 886. The maximum Gasteiger partial charge on any atom is 0.309 e. The Kier molecular flexibility index (Phi) is 9.14. The number of rotatable bonds is 10. The van der Waals surface area contributed by atoms with Crippen LogP contribution in [0.25, 0.3) is 0 Å². The van der Waals surface area contributed by atoms with Gasteiger partial charge < -0.3 is 24.8 Å². The average molecular weight is 479 g/mol. The van der Waals surface area contributed by atoms with E-state index in [4.69, 9.17) is 14.2 Å². The molecule has 0 heterocycles. The van der Waals surface area contributed by atoms with Crippen molar-refractivity contribution in [2.45, 2.75) is 13.3 Å². The third kappa shape index (κ3) is 8.12. The SMILES string of the molecule is COc1ccc(OCCC(=O)OCC(=O)NCC(=O)Nc2ccc(Br)cc2C)cc1. The topological polar surface area (TPSA) is 103 Å². The van der Waals surface area contributed by atoms with Crippen molar-refractivity contribution in [3.8, 4) is 11.5 Å². The fraction of sp³-hybridized carbons (Fsp3) is 0.286. The summed E-state index contributed by atoms with van der Waals surface area (Å²) in [6.45, 7) is 1.27. The number of methoxy groups -OCH3 is 1. The predicted octanol–water partition coefficient (Wildman–Crippen LogP) is 2.83. The Morgan fingerprint density at radius 1 is 1.00 bits per heavy atom. The molecule has 2 rings (SSSR count). The third-order valence-electron chi connectivity index (χ3n) is 3.91. The zero-order chi connectivity index (χ0) is 21.9. The number of carbonyl (C=O) groups is 3. The second kappa shape index (κ2) is 11.8. The summed E-state index contributed by atoms with van der Waals surface area (Å²) in [4.78, 5) is 35.4. The Morgan fingerprint density at radius 3 is 2.37 bits per heavy atom. The number of halogens is 1. The van der Waals surface area contributed by atoms with E-state index in [1.165, 1.54) is 0 Å². The largest absolute Gasteiger partial charge is 0.497 e. The van der Waals surface area contributed by atoms with Crippen molar-refractivity contribution in [3.05, 3.63) is 52.5 Å². The summed E-state index contributed by atoms with van der Waals surface area (Å²) >= 11 is 3.35. The van der Waals surface area contributed by atoms with E-state index in [1.807, 2.05) is 13.0 Å². The van der Waals surface area contributed by atoms with E-state index >= 15 is 0 Å². The summed E-state index contributed by atoms with van der Waals surface area (Å²) in [5.74, 6) is -0.231. The fourth-order valence-electron chi connectivity index (χ4n) is 2.33. The molecule has 0 spiro atoms. The normalized spacial score (nSPS) is 10.1. The number of carbonyl (C=O) groups excluding carboxylic acids is 3. The maximum absolute atomic E-state index is 11.9. The average Bonchev–Trinajstić information content (AvgIpc) is 2.73. The van der Waals surface area contributed by atoms with E-state index in [2.05, 4.69) is 26.6 Å². The summed E-state index contributed by atoms with van der Waals surface area (Å²) in [5, 5.41) is 5.10. The van der Waals surface area contributed by atoms with Gasteiger partial charge in [0.25, 0.3) is 5.91 Å². The fourth-order valence-corrected chi connectivity index (χ4v) is 2.81. The number of esters is 1. The van der Waals surface area contributed by atoms with Gasteiger partial charge in [-0.3, -0.25) is 14.4 Å². The molecule has 30 heavy (non-hydrogen) atoms. The first kappa shape index (κ1) is 23.2. The minimum Gasteiger partial charge on any atom is -0.497 e. The highest BCUT2D eigenvalue weighted by atomic mass is 79.9. The molecule has 0 bridgehead atoms. The molecule has 0 aromatic heterocycles. The molecule has 0 aliphatic rings. The summed E-state index contributed by atoms with van der Waals surface area (Å²) in [6.07, 6.45) is -0.0113. The lowest BCUT2D eigenvalue weighted by Crippen LogP contribution is -2.35. The highest BCUT2D eigenvalue weighted by Gasteiger charge is 2.10. The molecule has 9 heteroatoms. The second-order valence-electron chi connectivity index (χ2n) is 6.22. The van der Waals surface area contributed by atoms with Crippen molar-refractivity contribution in [2.75, 3.05) is 32.2 Å². The smallest absolute Gasteiger partial charge is 0.309 e. The van der Waals surface area contributed by atoms with E-state index in [0.29, 0.717) is 17.2 Å². The minimum absolute atomic E-state index is 0.0113. The number of amides is 2. The van der Waals surface area contributed by atoms with Gasteiger partial charge >= 0.3 is 5.97 Å². The van der Waals surface area contributed by atoms with E-state index < -0.39 is 18.5 Å². The van der Waals surface area contributed by atoms with E-state index in [9.17, 15) is 14.4 Å². The predicted molar refractivity (Wildman–Crippen MR) is 115 cm³/mol. The zero-order valence-corrected chi connectivity index (χ0v) is 18.3. The number of nitrogens with one attached hydrogen (secondary N) is 2. The summed E-state index contributed by atoms with van der Waals surface area (Å²) < 4.78 is 16.2. The maximum atomic E-state index is 11.9. The molecule has 8 nitrogen and oxygen atoms in total. The molecule has 2 aromatic rings.